The van der Waals surface area contributed by atoms with Crippen molar-refractivity contribution in [3.63, 3.8) is 0 Å². The molecule has 0 bridgehead atoms. The normalized spacial score (nSPS) is 12.3. The molecule has 3 heteroatoms. The first-order valence-electron chi connectivity index (χ1n) is 6.41. The van der Waals surface area contributed by atoms with Gasteiger partial charge in [0.05, 0.1) is 5.69 Å². The number of hydrogen-bond donors (Lipinski definition) is 1. The zero-order valence-electron chi connectivity index (χ0n) is 10.7. The average Bonchev–Trinajstić information content (AvgIpc) is 2.45. The maximum atomic E-state index is 4.37. The minimum absolute atomic E-state index is 0.446. The quantitative estimate of drug-likeness (QED) is 0.844. The van der Waals surface area contributed by atoms with Crippen molar-refractivity contribution in [2.75, 3.05) is 0 Å². The number of hydrogen-bond acceptors (Lipinski definition) is 3. The summed E-state index contributed by atoms with van der Waals surface area (Å²) < 4.78 is 0. The molecule has 2 aromatic heterocycles. The molecule has 0 aliphatic rings. The van der Waals surface area contributed by atoms with Crippen LogP contribution in [0.3, 0.4) is 0 Å². The van der Waals surface area contributed by atoms with E-state index < -0.39 is 0 Å². The topological polar surface area (TPSA) is 37.8 Å². The summed E-state index contributed by atoms with van der Waals surface area (Å²) in [6.45, 7) is 3.01. The second-order valence-corrected chi connectivity index (χ2v) is 4.33. The van der Waals surface area contributed by atoms with Crippen LogP contribution in [0.2, 0.25) is 0 Å². The van der Waals surface area contributed by atoms with Crippen LogP contribution in [0.4, 0.5) is 0 Å². The predicted molar refractivity (Wildman–Crippen MR) is 73.1 cm³/mol. The van der Waals surface area contributed by atoms with E-state index in [1.165, 1.54) is 0 Å². The molecular formula is C15H19N3. The molecule has 94 valence electrons. The van der Waals surface area contributed by atoms with Crippen LogP contribution in [-0.4, -0.2) is 16.0 Å². The smallest absolute Gasteiger partial charge is 0.0541 e. The van der Waals surface area contributed by atoms with E-state index in [2.05, 4.69) is 28.3 Å². The summed E-state index contributed by atoms with van der Waals surface area (Å²) in [5.41, 5.74) is 2.22. The Morgan fingerprint density at radius 1 is 1.00 bits per heavy atom. The van der Waals surface area contributed by atoms with E-state index in [9.17, 15) is 0 Å². The molecule has 0 saturated carbocycles. The van der Waals surface area contributed by atoms with Crippen molar-refractivity contribution in [3.8, 4) is 0 Å². The third kappa shape index (κ3) is 3.93. The highest BCUT2D eigenvalue weighted by molar-refractivity contribution is 5.06. The second kappa shape index (κ2) is 6.87. The van der Waals surface area contributed by atoms with E-state index in [1.807, 2.05) is 42.7 Å². The molecule has 1 N–H and O–H groups in total. The SMILES string of the molecule is CCC(Cc1ccccn1)NCc1ccccn1. The molecule has 0 aliphatic carbocycles. The molecule has 0 aromatic carbocycles. The van der Waals surface area contributed by atoms with Gasteiger partial charge in [0.2, 0.25) is 0 Å². The first-order chi connectivity index (χ1) is 8.88. The molecule has 2 aromatic rings. The molecule has 0 radical (unpaired) electrons. The minimum atomic E-state index is 0.446. The maximum Gasteiger partial charge on any atom is 0.0541 e. The van der Waals surface area contributed by atoms with Gasteiger partial charge in [-0.15, -0.1) is 0 Å². The molecule has 2 rings (SSSR count). The summed E-state index contributed by atoms with van der Waals surface area (Å²) >= 11 is 0. The van der Waals surface area contributed by atoms with Gasteiger partial charge in [-0.3, -0.25) is 9.97 Å². The van der Waals surface area contributed by atoms with Crippen molar-refractivity contribution in [1.29, 1.82) is 0 Å². The molecule has 1 unspecified atom stereocenters. The van der Waals surface area contributed by atoms with Crippen LogP contribution < -0.4 is 5.32 Å². The highest BCUT2D eigenvalue weighted by Crippen LogP contribution is 2.04. The summed E-state index contributed by atoms with van der Waals surface area (Å²) in [5, 5.41) is 3.53. The zero-order chi connectivity index (χ0) is 12.6. The van der Waals surface area contributed by atoms with Gasteiger partial charge in [0.1, 0.15) is 0 Å². The summed E-state index contributed by atoms with van der Waals surface area (Å²) in [4.78, 5) is 8.68. The lowest BCUT2D eigenvalue weighted by atomic mass is 10.1. The summed E-state index contributed by atoms with van der Waals surface area (Å²) in [5.74, 6) is 0. The van der Waals surface area contributed by atoms with Gasteiger partial charge in [0.15, 0.2) is 0 Å². The lowest BCUT2D eigenvalue weighted by Gasteiger charge is -2.16. The van der Waals surface area contributed by atoms with Gasteiger partial charge in [-0.2, -0.15) is 0 Å². The monoisotopic (exact) mass is 241 g/mol. The number of aromatic nitrogens is 2. The Labute approximate surface area is 108 Å². The standard InChI is InChI=1S/C15H19N3/c1-2-13(11-14-7-3-5-9-16-14)18-12-15-8-4-6-10-17-15/h3-10,13,18H,2,11-12H2,1H3. The van der Waals surface area contributed by atoms with Gasteiger partial charge in [-0.05, 0) is 30.7 Å². The third-order valence-corrected chi connectivity index (χ3v) is 2.97. The molecule has 2 heterocycles. The lowest BCUT2D eigenvalue weighted by molar-refractivity contribution is 0.486. The molecule has 0 aliphatic heterocycles. The molecule has 18 heavy (non-hydrogen) atoms. The van der Waals surface area contributed by atoms with E-state index >= 15 is 0 Å². The highest BCUT2D eigenvalue weighted by Gasteiger charge is 2.07. The summed E-state index contributed by atoms with van der Waals surface area (Å²) in [7, 11) is 0. The van der Waals surface area contributed by atoms with Gasteiger partial charge in [-0.1, -0.05) is 19.1 Å². The van der Waals surface area contributed by atoms with Crippen molar-refractivity contribution >= 4 is 0 Å². The van der Waals surface area contributed by atoms with Crippen molar-refractivity contribution in [2.45, 2.75) is 32.4 Å². The zero-order valence-corrected chi connectivity index (χ0v) is 10.7. The fourth-order valence-corrected chi connectivity index (χ4v) is 1.88. The Bertz CT molecular complexity index is 442. The molecular weight excluding hydrogens is 222 g/mol. The molecule has 0 fully saturated rings. The Hall–Kier alpha value is -1.74. The maximum absolute atomic E-state index is 4.37. The first-order valence-corrected chi connectivity index (χ1v) is 6.41. The van der Waals surface area contributed by atoms with Crippen LogP contribution in [0.25, 0.3) is 0 Å². The number of pyridine rings is 2. The highest BCUT2D eigenvalue weighted by atomic mass is 14.9. The van der Waals surface area contributed by atoms with E-state index in [-0.39, 0.29) is 0 Å². The summed E-state index contributed by atoms with van der Waals surface area (Å²) in [6, 6.07) is 12.5. The predicted octanol–water partition coefficient (Wildman–Crippen LogP) is 2.59. The molecule has 0 spiro atoms. The third-order valence-electron chi connectivity index (χ3n) is 2.97. The number of nitrogens with zero attached hydrogens (tertiary/aromatic N) is 2. The second-order valence-electron chi connectivity index (χ2n) is 4.33. The Morgan fingerprint density at radius 2 is 1.67 bits per heavy atom. The van der Waals surface area contributed by atoms with Crippen LogP contribution in [0.5, 0.6) is 0 Å². The van der Waals surface area contributed by atoms with E-state index in [1.54, 1.807) is 0 Å². The van der Waals surface area contributed by atoms with Gasteiger partial charge >= 0.3 is 0 Å². The Kier molecular flexibility index (Phi) is 4.85. The molecule has 0 amide bonds. The van der Waals surface area contributed by atoms with Crippen LogP contribution in [-0.2, 0) is 13.0 Å². The average molecular weight is 241 g/mol. The minimum Gasteiger partial charge on any atom is -0.308 e. The van der Waals surface area contributed by atoms with Crippen molar-refractivity contribution < 1.29 is 0 Å². The first kappa shape index (κ1) is 12.7. The number of nitrogens with one attached hydrogen (secondary N) is 1. The number of rotatable bonds is 6. The van der Waals surface area contributed by atoms with E-state index in [0.29, 0.717) is 6.04 Å². The molecule has 0 saturated heterocycles. The molecule has 1 atom stereocenters. The fraction of sp³-hybridized carbons (Fsp3) is 0.333. The summed E-state index contributed by atoms with van der Waals surface area (Å²) in [6.07, 6.45) is 5.73. The van der Waals surface area contributed by atoms with Gasteiger partial charge in [-0.25, -0.2) is 0 Å². The van der Waals surface area contributed by atoms with Crippen molar-refractivity contribution in [1.82, 2.24) is 15.3 Å². The van der Waals surface area contributed by atoms with Gasteiger partial charge in [0.25, 0.3) is 0 Å². The Morgan fingerprint density at radius 3 is 2.22 bits per heavy atom. The van der Waals surface area contributed by atoms with Crippen molar-refractivity contribution in [3.05, 3.63) is 60.2 Å². The van der Waals surface area contributed by atoms with Crippen LogP contribution >= 0.6 is 0 Å². The fourth-order valence-electron chi connectivity index (χ4n) is 1.88. The van der Waals surface area contributed by atoms with E-state index in [4.69, 9.17) is 0 Å². The van der Waals surface area contributed by atoms with Crippen LogP contribution in [0.1, 0.15) is 24.7 Å². The van der Waals surface area contributed by atoms with E-state index in [0.717, 1.165) is 30.8 Å². The van der Waals surface area contributed by atoms with Gasteiger partial charge in [0, 0.05) is 37.1 Å². The van der Waals surface area contributed by atoms with Crippen LogP contribution in [0, 0.1) is 0 Å². The Balaban J connectivity index is 1.86. The van der Waals surface area contributed by atoms with Crippen molar-refractivity contribution in [2.24, 2.45) is 0 Å². The molecule has 3 nitrogen and oxygen atoms in total. The lowest BCUT2D eigenvalue weighted by Crippen LogP contribution is -2.30. The van der Waals surface area contributed by atoms with Gasteiger partial charge < -0.3 is 5.32 Å². The largest absolute Gasteiger partial charge is 0.308 e. The van der Waals surface area contributed by atoms with Crippen LogP contribution in [0.15, 0.2) is 48.8 Å².